The minimum Gasteiger partial charge on any atom is -0.393 e. The van der Waals surface area contributed by atoms with Crippen LogP contribution in [0.1, 0.15) is 25.7 Å². The van der Waals surface area contributed by atoms with Gasteiger partial charge < -0.3 is 5.73 Å². The number of nitrogen functional groups attached to an aromatic ring is 1. The van der Waals surface area contributed by atoms with Gasteiger partial charge in [0, 0.05) is 19.2 Å². The van der Waals surface area contributed by atoms with Gasteiger partial charge in [0.2, 0.25) is 10.0 Å². The lowest BCUT2D eigenvalue weighted by molar-refractivity contribution is -0.384. The van der Waals surface area contributed by atoms with Gasteiger partial charge in [0.05, 0.1) is 9.82 Å². The SMILES string of the molecule is Nc1ccc(S(=O)(=O)N2CCCCCC2)cc1[N+](=O)[O-]. The molecule has 1 aromatic carbocycles. The fourth-order valence-corrected chi connectivity index (χ4v) is 3.81. The number of sulfonamides is 1. The number of nitro benzene ring substituents is 1. The molecule has 1 fully saturated rings. The van der Waals surface area contributed by atoms with Gasteiger partial charge in [-0.05, 0) is 25.0 Å². The third-order valence-corrected chi connectivity index (χ3v) is 5.30. The first-order chi connectivity index (χ1) is 9.43. The number of nitro groups is 1. The molecule has 1 aliphatic heterocycles. The van der Waals surface area contributed by atoms with Gasteiger partial charge in [0.25, 0.3) is 5.69 Å². The number of rotatable bonds is 3. The van der Waals surface area contributed by atoms with Gasteiger partial charge in [-0.2, -0.15) is 4.31 Å². The molecule has 0 spiro atoms. The first kappa shape index (κ1) is 14.7. The van der Waals surface area contributed by atoms with Crippen molar-refractivity contribution in [1.29, 1.82) is 0 Å². The molecule has 0 amide bonds. The number of anilines is 1. The van der Waals surface area contributed by atoms with E-state index in [0.717, 1.165) is 31.7 Å². The largest absolute Gasteiger partial charge is 0.393 e. The molecule has 1 saturated heterocycles. The third kappa shape index (κ3) is 2.91. The zero-order valence-electron chi connectivity index (χ0n) is 11.0. The van der Waals surface area contributed by atoms with E-state index in [9.17, 15) is 18.5 Å². The Morgan fingerprint density at radius 2 is 1.75 bits per heavy atom. The van der Waals surface area contributed by atoms with Crippen LogP contribution in [0.5, 0.6) is 0 Å². The number of hydrogen-bond donors (Lipinski definition) is 1. The molecule has 0 aliphatic carbocycles. The van der Waals surface area contributed by atoms with Crippen LogP contribution in [0.25, 0.3) is 0 Å². The van der Waals surface area contributed by atoms with E-state index in [2.05, 4.69) is 0 Å². The molecule has 7 nitrogen and oxygen atoms in total. The van der Waals surface area contributed by atoms with Crippen LogP contribution < -0.4 is 5.73 Å². The Kier molecular flexibility index (Phi) is 4.24. The number of hydrogen-bond acceptors (Lipinski definition) is 5. The topological polar surface area (TPSA) is 107 Å². The molecule has 0 saturated carbocycles. The molecule has 20 heavy (non-hydrogen) atoms. The van der Waals surface area contributed by atoms with E-state index in [-0.39, 0.29) is 16.3 Å². The fourth-order valence-electron chi connectivity index (χ4n) is 2.27. The second kappa shape index (κ2) is 5.76. The van der Waals surface area contributed by atoms with E-state index >= 15 is 0 Å². The summed E-state index contributed by atoms with van der Waals surface area (Å²) >= 11 is 0. The van der Waals surface area contributed by atoms with Gasteiger partial charge in [-0.15, -0.1) is 0 Å². The molecule has 0 bridgehead atoms. The standard InChI is InChI=1S/C12H17N3O4S/c13-11-6-5-10(9-12(11)15(16)17)20(18,19)14-7-3-1-2-4-8-14/h5-6,9H,1-4,7-8,13H2. The first-order valence-corrected chi connectivity index (χ1v) is 7.91. The highest BCUT2D eigenvalue weighted by atomic mass is 32.2. The molecule has 110 valence electrons. The van der Waals surface area contributed by atoms with E-state index in [1.54, 1.807) is 0 Å². The van der Waals surface area contributed by atoms with Gasteiger partial charge in [-0.1, -0.05) is 12.8 Å². The van der Waals surface area contributed by atoms with Crippen molar-refractivity contribution in [3.8, 4) is 0 Å². The maximum Gasteiger partial charge on any atom is 0.293 e. The predicted octanol–water partition coefficient (Wildman–Crippen LogP) is 1.74. The summed E-state index contributed by atoms with van der Waals surface area (Å²) in [5.41, 5.74) is 5.08. The van der Waals surface area contributed by atoms with E-state index in [1.807, 2.05) is 0 Å². The van der Waals surface area contributed by atoms with E-state index < -0.39 is 14.9 Å². The summed E-state index contributed by atoms with van der Waals surface area (Å²) in [4.78, 5) is 10.1. The molecule has 1 heterocycles. The van der Waals surface area contributed by atoms with Crippen molar-refractivity contribution >= 4 is 21.4 Å². The number of nitrogens with zero attached hydrogens (tertiary/aromatic N) is 2. The van der Waals surface area contributed by atoms with Crippen molar-refractivity contribution in [1.82, 2.24) is 4.31 Å². The van der Waals surface area contributed by atoms with Crippen LogP contribution in [0.3, 0.4) is 0 Å². The molecule has 0 unspecified atom stereocenters. The Labute approximate surface area is 117 Å². The fraction of sp³-hybridized carbons (Fsp3) is 0.500. The normalized spacial score (nSPS) is 17.6. The summed E-state index contributed by atoms with van der Waals surface area (Å²) in [5.74, 6) is 0. The molecule has 1 aliphatic rings. The van der Waals surface area contributed by atoms with Gasteiger partial charge >= 0.3 is 0 Å². The molecule has 2 N–H and O–H groups in total. The molecule has 8 heteroatoms. The van der Waals surface area contributed by atoms with Crippen molar-refractivity contribution in [3.63, 3.8) is 0 Å². The second-order valence-electron chi connectivity index (χ2n) is 4.80. The lowest BCUT2D eigenvalue weighted by atomic mass is 10.2. The van der Waals surface area contributed by atoms with Gasteiger partial charge in [-0.25, -0.2) is 8.42 Å². The maximum atomic E-state index is 12.5. The summed E-state index contributed by atoms with van der Waals surface area (Å²) in [6.45, 7) is 0.918. The molecule has 1 aromatic rings. The van der Waals surface area contributed by atoms with Gasteiger partial charge in [0.15, 0.2) is 0 Å². The summed E-state index contributed by atoms with van der Waals surface area (Å²) in [6.07, 6.45) is 3.65. The average molecular weight is 299 g/mol. The lowest BCUT2D eigenvalue weighted by Crippen LogP contribution is -2.32. The Hall–Kier alpha value is -1.67. The number of nitrogens with two attached hydrogens (primary N) is 1. The summed E-state index contributed by atoms with van der Waals surface area (Å²) < 4.78 is 26.4. The highest BCUT2D eigenvalue weighted by Gasteiger charge is 2.27. The van der Waals surface area contributed by atoms with Crippen molar-refractivity contribution in [2.75, 3.05) is 18.8 Å². The monoisotopic (exact) mass is 299 g/mol. The summed E-state index contributed by atoms with van der Waals surface area (Å²) in [5, 5.41) is 10.8. The van der Waals surface area contributed by atoms with E-state index in [4.69, 9.17) is 5.73 Å². The Morgan fingerprint density at radius 1 is 1.15 bits per heavy atom. The average Bonchev–Trinajstić information content (AvgIpc) is 2.67. The van der Waals surface area contributed by atoms with Crippen LogP contribution >= 0.6 is 0 Å². The highest BCUT2D eigenvalue weighted by Crippen LogP contribution is 2.27. The van der Waals surface area contributed by atoms with Crippen LogP contribution in [-0.4, -0.2) is 30.7 Å². The Balaban J connectivity index is 2.38. The second-order valence-corrected chi connectivity index (χ2v) is 6.73. The molecule has 0 radical (unpaired) electrons. The first-order valence-electron chi connectivity index (χ1n) is 6.47. The van der Waals surface area contributed by atoms with Crippen molar-refractivity contribution < 1.29 is 13.3 Å². The minimum atomic E-state index is -3.68. The van der Waals surface area contributed by atoms with Crippen LogP contribution in [0.2, 0.25) is 0 Å². The van der Waals surface area contributed by atoms with Gasteiger partial charge in [-0.3, -0.25) is 10.1 Å². The van der Waals surface area contributed by atoms with Crippen molar-refractivity contribution in [3.05, 3.63) is 28.3 Å². The maximum absolute atomic E-state index is 12.5. The molecule has 0 aromatic heterocycles. The Morgan fingerprint density at radius 3 is 2.30 bits per heavy atom. The van der Waals surface area contributed by atoms with E-state index in [1.165, 1.54) is 16.4 Å². The van der Waals surface area contributed by atoms with Crippen molar-refractivity contribution in [2.24, 2.45) is 0 Å². The van der Waals surface area contributed by atoms with Crippen LogP contribution in [0, 0.1) is 10.1 Å². The zero-order valence-corrected chi connectivity index (χ0v) is 11.8. The van der Waals surface area contributed by atoms with E-state index in [0.29, 0.717) is 13.1 Å². The molecule has 2 rings (SSSR count). The quantitative estimate of drug-likeness (QED) is 0.519. The highest BCUT2D eigenvalue weighted by molar-refractivity contribution is 7.89. The zero-order chi connectivity index (χ0) is 14.8. The molecular formula is C12H17N3O4S. The predicted molar refractivity (Wildman–Crippen MR) is 74.7 cm³/mol. The lowest BCUT2D eigenvalue weighted by Gasteiger charge is -2.19. The van der Waals surface area contributed by atoms with Crippen LogP contribution in [0.15, 0.2) is 23.1 Å². The third-order valence-electron chi connectivity index (χ3n) is 3.40. The summed E-state index contributed by atoms with van der Waals surface area (Å²) in [7, 11) is -3.68. The van der Waals surface area contributed by atoms with Gasteiger partial charge in [0.1, 0.15) is 5.69 Å². The van der Waals surface area contributed by atoms with Crippen LogP contribution in [-0.2, 0) is 10.0 Å². The van der Waals surface area contributed by atoms with Crippen LogP contribution in [0.4, 0.5) is 11.4 Å². The molecule has 0 atom stereocenters. The number of benzene rings is 1. The smallest absolute Gasteiger partial charge is 0.293 e. The van der Waals surface area contributed by atoms with Crippen molar-refractivity contribution in [2.45, 2.75) is 30.6 Å². The minimum absolute atomic E-state index is 0.0372. The summed E-state index contributed by atoms with van der Waals surface area (Å²) in [6, 6.07) is 3.63. The Bertz CT molecular complexity index is 607. The molecular weight excluding hydrogens is 282 g/mol.